The standard InChI is InChI=1S/C20H31F3N6O/c1-24-18(28-14-19(9-4-5-10-19)17(30)29(2)3)26-12-6-11-25-16-8-7-15(13-27-16)20(21,22)23/h7-8,13H,4-6,9-12,14H2,1-3H3,(H,25,27)(H2,24,26,28). The first-order valence-corrected chi connectivity index (χ1v) is 10.1. The van der Waals surface area contributed by atoms with Gasteiger partial charge in [0.2, 0.25) is 5.91 Å². The first-order valence-electron chi connectivity index (χ1n) is 10.1. The van der Waals surface area contributed by atoms with Gasteiger partial charge in [-0.05, 0) is 31.4 Å². The number of nitrogens with zero attached hydrogens (tertiary/aromatic N) is 3. The topological polar surface area (TPSA) is 81.6 Å². The molecule has 3 N–H and O–H groups in total. The van der Waals surface area contributed by atoms with Gasteiger partial charge < -0.3 is 20.9 Å². The van der Waals surface area contributed by atoms with E-state index in [1.807, 2.05) is 0 Å². The predicted molar refractivity (Wildman–Crippen MR) is 111 cm³/mol. The average Bonchev–Trinajstić information content (AvgIpc) is 3.19. The first-order chi connectivity index (χ1) is 14.2. The van der Waals surface area contributed by atoms with Crippen LogP contribution in [0.2, 0.25) is 0 Å². The molecule has 0 aromatic carbocycles. The Morgan fingerprint density at radius 3 is 2.43 bits per heavy atom. The molecule has 10 heteroatoms. The van der Waals surface area contributed by atoms with Crippen LogP contribution in [-0.2, 0) is 11.0 Å². The van der Waals surface area contributed by atoms with Crippen LogP contribution in [0.15, 0.2) is 23.3 Å². The van der Waals surface area contributed by atoms with Crippen LogP contribution in [-0.4, -0.2) is 62.5 Å². The van der Waals surface area contributed by atoms with Crippen molar-refractivity contribution >= 4 is 17.7 Å². The molecule has 0 unspecified atom stereocenters. The van der Waals surface area contributed by atoms with Crippen molar-refractivity contribution in [1.29, 1.82) is 0 Å². The van der Waals surface area contributed by atoms with Gasteiger partial charge in [-0.1, -0.05) is 12.8 Å². The fraction of sp³-hybridized carbons (Fsp3) is 0.650. The van der Waals surface area contributed by atoms with E-state index in [0.717, 1.165) is 37.9 Å². The number of nitrogens with one attached hydrogen (secondary N) is 3. The normalized spacial score (nSPS) is 16.3. The first kappa shape index (κ1) is 23.8. The van der Waals surface area contributed by atoms with Crippen molar-refractivity contribution < 1.29 is 18.0 Å². The summed E-state index contributed by atoms with van der Waals surface area (Å²) in [6, 6.07) is 2.33. The van der Waals surface area contributed by atoms with Gasteiger partial charge in [0.05, 0.1) is 11.0 Å². The molecule has 1 heterocycles. The third kappa shape index (κ3) is 6.50. The van der Waals surface area contributed by atoms with Crippen molar-refractivity contribution in [2.45, 2.75) is 38.3 Å². The molecule has 168 valence electrons. The Kier molecular flexibility index (Phi) is 8.31. The number of amides is 1. The van der Waals surface area contributed by atoms with Gasteiger partial charge in [0.1, 0.15) is 5.82 Å². The zero-order valence-corrected chi connectivity index (χ0v) is 17.8. The minimum absolute atomic E-state index is 0.149. The maximum Gasteiger partial charge on any atom is 0.417 e. The van der Waals surface area contributed by atoms with Crippen LogP contribution in [0.1, 0.15) is 37.7 Å². The van der Waals surface area contributed by atoms with E-state index in [2.05, 4.69) is 25.9 Å². The lowest BCUT2D eigenvalue weighted by Crippen LogP contribution is -2.49. The zero-order chi connectivity index (χ0) is 22.2. The van der Waals surface area contributed by atoms with Crippen LogP contribution in [0.5, 0.6) is 0 Å². The summed E-state index contributed by atoms with van der Waals surface area (Å²) in [6.07, 6.45) is 1.00. The highest BCUT2D eigenvalue weighted by Gasteiger charge is 2.42. The number of carbonyl (C=O) groups is 1. The number of aliphatic imine (C=N–C) groups is 1. The Morgan fingerprint density at radius 1 is 1.20 bits per heavy atom. The van der Waals surface area contributed by atoms with Crippen LogP contribution < -0.4 is 16.0 Å². The summed E-state index contributed by atoms with van der Waals surface area (Å²) in [5.74, 6) is 1.17. The van der Waals surface area contributed by atoms with Crippen LogP contribution >= 0.6 is 0 Å². The molecule has 0 atom stereocenters. The number of alkyl halides is 3. The van der Waals surface area contributed by atoms with Crippen molar-refractivity contribution in [3.63, 3.8) is 0 Å². The van der Waals surface area contributed by atoms with E-state index < -0.39 is 11.7 Å². The third-order valence-electron chi connectivity index (χ3n) is 5.28. The summed E-state index contributed by atoms with van der Waals surface area (Å²) >= 11 is 0. The average molecular weight is 429 g/mol. The number of guanidine groups is 1. The largest absolute Gasteiger partial charge is 0.417 e. The molecule has 7 nitrogen and oxygen atoms in total. The van der Waals surface area contributed by atoms with Crippen LogP contribution in [0, 0.1) is 5.41 Å². The molecule has 0 spiro atoms. The van der Waals surface area contributed by atoms with E-state index in [0.29, 0.717) is 37.8 Å². The lowest BCUT2D eigenvalue weighted by Gasteiger charge is -2.31. The highest BCUT2D eigenvalue weighted by Crippen LogP contribution is 2.38. The minimum Gasteiger partial charge on any atom is -0.370 e. The number of hydrogen-bond acceptors (Lipinski definition) is 4. The summed E-state index contributed by atoms with van der Waals surface area (Å²) in [5.41, 5.74) is -1.14. The highest BCUT2D eigenvalue weighted by molar-refractivity contribution is 5.85. The summed E-state index contributed by atoms with van der Waals surface area (Å²) in [4.78, 5) is 22.3. The molecule has 2 rings (SSSR count). The fourth-order valence-corrected chi connectivity index (χ4v) is 3.64. The Hall–Kier alpha value is -2.52. The zero-order valence-electron chi connectivity index (χ0n) is 17.8. The van der Waals surface area contributed by atoms with Gasteiger partial charge in [-0.25, -0.2) is 4.98 Å². The molecular formula is C20H31F3N6O. The number of pyridine rings is 1. The van der Waals surface area contributed by atoms with Crippen LogP contribution in [0.3, 0.4) is 0 Å². The van der Waals surface area contributed by atoms with E-state index >= 15 is 0 Å². The number of carbonyl (C=O) groups excluding carboxylic acids is 1. The molecular weight excluding hydrogens is 397 g/mol. The van der Waals surface area contributed by atoms with Crippen LogP contribution in [0.25, 0.3) is 0 Å². The van der Waals surface area contributed by atoms with Crippen molar-refractivity contribution in [3.05, 3.63) is 23.9 Å². The van der Waals surface area contributed by atoms with Crippen molar-refractivity contribution in [3.8, 4) is 0 Å². The third-order valence-corrected chi connectivity index (χ3v) is 5.28. The number of rotatable bonds is 8. The van der Waals surface area contributed by atoms with Crippen molar-refractivity contribution in [2.75, 3.05) is 46.1 Å². The number of hydrogen-bond donors (Lipinski definition) is 3. The second kappa shape index (κ2) is 10.5. The molecule has 30 heavy (non-hydrogen) atoms. The summed E-state index contributed by atoms with van der Waals surface area (Å²) in [7, 11) is 5.25. The second-order valence-electron chi connectivity index (χ2n) is 7.75. The Labute approximate surface area is 175 Å². The molecule has 1 aromatic rings. The van der Waals surface area contributed by atoms with Gasteiger partial charge in [0.25, 0.3) is 0 Å². The fourth-order valence-electron chi connectivity index (χ4n) is 3.64. The summed E-state index contributed by atoms with van der Waals surface area (Å²) in [6.45, 7) is 1.70. The lowest BCUT2D eigenvalue weighted by atomic mass is 9.84. The molecule has 1 fully saturated rings. The van der Waals surface area contributed by atoms with Gasteiger partial charge in [0.15, 0.2) is 5.96 Å². The molecule has 1 aliphatic rings. The molecule has 1 amide bonds. The van der Waals surface area contributed by atoms with E-state index in [9.17, 15) is 18.0 Å². The SMILES string of the molecule is CN=C(NCCCNc1ccc(C(F)(F)F)cn1)NCC1(C(=O)N(C)C)CCCC1. The molecule has 0 aliphatic heterocycles. The summed E-state index contributed by atoms with van der Waals surface area (Å²) < 4.78 is 37.6. The molecule has 0 saturated heterocycles. The van der Waals surface area contributed by atoms with E-state index in [1.54, 1.807) is 26.0 Å². The minimum atomic E-state index is -4.38. The van der Waals surface area contributed by atoms with Gasteiger partial charge in [-0.3, -0.25) is 9.79 Å². The van der Waals surface area contributed by atoms with E-state index in [1.165, 1.54) is 6.07 Å². The van der Waals surface area contributed by atoms with Gasteiger partial charge >= 0.3 is 6.18 Å². The molecule has 1 aromatic heterocycles. The van der Waals surface area contributed by atoms with Gasteiger partial charge in [0, 0.05) is 47.0 Å². The molecule has 1 saturated carbocycles. The quantitative estimate of drug-likeness (QED) is 0.337. The van der Waals surface area contributed by atoms with Gasteiger partial charge in [-0.2, -0.15) is 13.2 Å². The Morgan fingerprint density at radius 2 is 1.90 bits per heavy atom. The number of anilines is 1. The maximum absolute atomic E-state index is 12.6. The monoisotopic (exact) mass is 428 g/mol. The molecule has 0 radical (unpaired) electrons. The Balaban J connectivity index is 1.72. The van der Waals surface area contributed by atoms with Gasteiger partial charge in [-0.15, -0.1) is 0 Å². The number of halogens is 3. The number of aromatic nitrogens is 1. The van der Waals surface area contributed by atoms with Crippen molar-refractivity contribution in [2.24, 2.45) is 10.4 Å². The summed E-state index contributed by atoms with van der Waals surface area (Å²) in [5, 5.41) is 9.46. The van der Waals surface area contributed by atoms with Crippen molar-refractivity contribution in [1.82, 2.24) is 20.5 Å². The second-order valence-corrected chi connectivity index (χ2v) is 7.75. The Bertz CT molecular complexity index is 712. The molecule has 1 aliphatic carbocycles. The van der Waals surface area contributed by atoms with E-state index in [4.69, 9.17) is 0 Å². The maximum atomic E-state index is 12.6. The highest BCUT2D eigenvalue weighted by atomic mass is 19.4. The molecule has 0 bridgehead atoms. The van der Waals surface area contributed by atoms with Crippen LogP contribution in [0.4, 0.5) is 19.0 Å². The lowest BCUT2D eigenvalue weighted by molar-refractivity contribution is -0.139. The van der Waals surface area contributed by atoms with E-state index in [-0.39, 0.29) is 11.3 Å². The smallest absolute Gasteiger partial charge is 0.370 e. The predicted octanol–water partition coefficient (Wildman–Crippen LogP) is 2.72.